The SMILES string of the molecule is Cc1ccc(C(C)NC(=O)CSc2nnc(N3CCCC3)n2Cc2ccco2)cc1C. The fourth-order valence-electron chi connectivity index (χ4n) is 3.77. The third kappa shape index (κ3) is 5.12. The van der Waals surface area contributed by atoms with Gasteiger partial charge in [-0.05, 0) is 62.4 Å². The minimum atomic E-state index is -0.0476. The number of benzene rings is 1. The highest BCUT2D eigenvalue weighted by molar-refractivity contribution is 7.99. The van der Waals surface area contributed by atoms with Crippen molar-refractivity contribution in [2.24, 2.45) is 0 Å². The van der Waals surface area contributed by atoms with Crippen LogP contribution in [0.1, 0.15) is 48.3 Å². The van der Waals surface area contributed by atoms with E-state index in [9.17, 15) is 4.79 Å². The first kappa shape index (κ1) is 21.5. The minimum absolute atomic E-state index is 0.0222. The molecule has 1 unspecified atom stereocenters. The average Bonchev–Trinajstić information content (AvgIpc) is 3.51. The summed E-state index contributed by atoms with van der Waals surface area (Å²) in [6.07, 6.45) is 3.99. The quantitative estimate of drug-likeness (QED) is 0.533. The van der Waals surface area contributed by atoms with Crippen molar-refractivity contribution in [3.63, 3.8) is 0 Å². The maximum Gasteiger partial charge on any atom is 0.230 e. The third-order valence-corrected chi connectivity index (χ3v) is 6.69. The van der Waals surface area contributed by atoms with E-state index in [1.54, 1.807) is 6.26 Å². The van der Waals surface area contributed by atoms with Crippen molar-refractivity contribution in [2.45, 2.75) is 51.4 Å². The second-order valence-corrected chi connectivity index (χ2v) is 9.01. The molecule has 1 fully saturated rings. The molecule has 1 N–H and O–H groups in total. The summed E-state index contributed by atoms with van der Waals surface area (Å²) in [5.41, 5.74) is 3.59. The molecule has 1 aliphatic rings. The summed E-state index contributed by atoms with van der Waals surface area (Å²) in [7, 11) is 0. The number of anilines is 1. The van der Waals surface area contributed by atoms with Crippen molar-refractivity contribution in [2.75, 3.05) is 23.7 Å². The Morgan fingerprint density at radius 3 is 2.71 bits per heavy atom. The van der Waals surface area contributed by atoms with Gasteiger partial charge >= 0.3 is 0 Å². The predicted molar refractivity (Wildman–Crippen MR) is 122 cm³/mol. The van der Waals surface area contributed by atoms with Gasteiger partial charge in [0.1, 0.15) is 5.76 Å². The van der Waals surface area contributed by atoms with Gasteiger partial charge in [0, 0.05) is 13.1 Å². The van der Waals surface area contributed by atoms with E-state index in [1.165, 1.54) is 22.9 Å². The van der Waals surface area contributed by atoms with Crippen LogP contribution in [0.4, 0.5) is 5.95 Å². The van der Waals surface area contributed by atoms with Crippen molar-refractivity contribution < 1.29 is 9.21 Å². The zero-order valence-corrected chi connectivity index (χ0v) is 19.1. The van der Waals surface area contributed by atoms with Crippen LogP contribution in [0.5, 0.6) is 0 Å². The Balaban J connectivity index is 1.42. The average molecular weight is 440 g/mol. The van der Waals surface area contributed by atoms with Gasteiger partial charge in [-0.25, -0.2) is 0 Å². The lowest BCUT2D eigenvalue weighted by Gasteiger charge is -2.18. The smallest absolute Gasteiger partial charge is 0.230 e. The Labute approximate surface area is 187 Å². The predicted octanol–water partition coefficient (Wildman–Crippen LogP) is 4.11. The van der Waals surface area contributed by atoms with Gasteiger partial charge in [0.25, 0.3) is 0 Å². The number of carbonyl (C=O) groups is 1. The van der Waals surface area contributed by atoms with Crippen molar-refractivity contribution in [3.8, 4) is 0 Å². The van der Waals surface area contributed by atoms with Crippen LogP contribution in [0.25, 0.3) is 0 Å². The molecule has 1 aliphatic heterocycles. The molecule has 1 amide bonds. The fraction of sp³-hybridized carbons (Fsp3) is 0.435. The van der Waals surface area contributed by atoms with Crippen LogP contribution < -0.4 is 10.2 Å². The lowest BCUT2D eigenvalue weighted by atomic mass is 10.0. The zero-order valence-electron chi connectivity index (χ0n) is 18.3. The number of rotatable bonds is 8. The zero-order chi connectivity index (χ0) is 21.8. The molecule has 0 spiro atoms. The van der Waals surface area contributed by atoms with Crippen LogP contribution in [0.2, 0.25) is 0 Å². The Hall–Kier alpha value is -2.74. The standard InChI is InChI=1S/C23H29N5O2S/c1-16-8-9-19(13-17(16)2)18(3)24-21(29)15-31-23-26-25-22(27-10-4-5-11-27)28(23)14-20-7-6-12-30-20/h6-9,12-13,18H,4-5,10-11,14-15H2,1-3H3,(H,24,29). The van der Waals surface area contributed by atoms with Crippen molar-refractivity contribution >= 4 is 23.6 Å². The molecule has 1 saturated heterocycles. The van der Waals surface area contributed by atoms with Gasteiger partial charge in [0.2, 0.25) is 11.9 Å². The maximum atomic E-state index is 12.6. The number of amides is 1. The van der Waals surface area contributed by atoms with E-state index < -0.39 is 0 Å². The molecule has 4 rings (SSSR count). The molecule has 164 valence electrons. The summed E-state index contributed by atoms with van der Waals surface area (Å²) in [4.78, 5) is 14.9. The number of furan rings is 1. The largest absolute Gasteiger partial charge is 0.467 e. The summed E-state index contributed by atoms with van der Waals surface area (Å²) < 4.78 is 7.59. The van der Waals surface area contributed by atoms with Gasteiger partial charge in [-0.1, -0.05) is 30.0 Å². The molecule has 0 bridgehead atoms. The topological polar surface area (TPSA) is 76.2 Å². The van der Waals surface area contributed by atoms with Gasteiger partial charge < -0.3 is 14.6 Å². The second kappa shape index (κ2) is 9.60. The van der Waals surface area contributed by atoms with Crippen molar-refractivity contribution in [1.82, 2.24) is 20.1 Å². The number of nitrogens with one attached hydrogen (secondary N) is 1. The molecule has 31 heavy (non-hydrogen) atoms. The van der Waals surface area contributed by atoms with Gasteiger partial charge in [0.15, 0.2) is 5.16 Å². The van der Waals surface area contributed by atoms with Crippen LogP contribution in [-0.2, 0) is 11.3 Å². The molecule has 0 radical (unpaired) electrons. The Morgan fingerprint density at radius 1 is 1.19 bits per heavy atom. The van der Waals surface area contributed by atoms with Gasteiger partial charge in [-0.15, -0.1) is 10.2 Å². The normalized spacial score (nSPS) is 14.7. The van der Waals surface area contributed by atoms with E-state index >= 15 is 0 Å². The van der Waals surface area contributed by atoms with E-state index in [0.717, 1.165) is 48.4 Å². The van der Waals surface area contributed by atoms with Gasteiger partial charge in [0.05, 0.1) is 24.6 Å². The molecule has 1 aromatic carbocycles. The van der Waals surface area contributed by atoms with E-state index in [2.05, 4.69) is 57.0 Å². The summed E-state index contributed by atoms with van der Waals surface area (Å²) in [5, 5.41) is 12.6. The maximum absolute atomic E-state index is 12.6. The van der Waals surface area contributed by atoms with Crippen molar-refractivity contribution in [1.29, 1.82) is 0 Å². The number of thioether (sulfide) groups is 1. The number of nitrogens with zero attached hydrogens (tertiary/aromatic N) is 4. The Morgan fingerprint density at radius 2 is 2.00 bits per heavy atom. The molecule has 7 nitrogen and oxygen atoms in total. The highest BCUT2D eigenvalue weighted by atomic mass is 32.2. The highest BCUT2D eigenvalue weighted by Crippen LogP contribution is 2.26. The molecule has 1 atom stereocenters. The summed E-state index contributed by atoms with van der Waals surface area (Å²) >= 11 is 1.41. The second-order valence-electron chi connectivity index (χ2n) is 8.06. The number of hydrogen-bond acceptors (Lipinski definition) is 6. The van der Waals surface area contributed by atoms with Gasteiger partial charge in [-0.3, -0.25) is 9.36 Å². The summed E-state index contributed by atoms with van der Waals surface area (Å²) in [6.45, 7) is 8.71. The summed E-state index contributed by atoms with van der Waals surface area (Å²) in [5.74, 6) is 1.95. The molecule has 8 heteroatoms. The Bertz CT molecular complexity index is 1020. The first-order valence-corrected chi connectivity index (χ1v) is 11.7. The molecule has 2 aromatic heterocycles. The third-order valence-electron chi connectivity index (χ3n) is 5.72. The molecular formula is C23H29N5O2S. The molecule has 0 saturated carbocycles. The lowest BCUT2D eigenvalue weighted by molar-refractivity contribution is -0.119. The summed E-state index contributed by atoms with van der Waals surface area (Å²) in [6, 6.07) is 10.1. The van der Waals surface area contributed by atoms with E-state index in [4.69, 9.17) is 4.42 Å². The molecule has 3 heterocycles. The van der Waals surface area contributed by atoms with Crippen LogP contribution >= 0.6 is 11.8 Å². The molecular weight excluding hydrogens is 410 g/mol. The highest BCUT2D eigenvalue weighted by Gasteiger charge is 2.22. The number of carbonyl (C=O) groups excluding carboxylic acids is 1. The van der Waals surface area contributed by atoms with Crippen LogP contribution in [0.3, 0.4) is 0 Å². The van der Waals surface area contributed by atoms with E-state index in [1.807, 2.05) is 19.1 Å². The Kier molecular flexibility index (Phi) is 6.65. The van der Waals surface area contributed by atoms with E-state index in [-0.39, 0.29) is 17.7 Å². The van der Waals surface area contributed by atoms with E-state index in [0.29, 0.717) is 6.54 Å². The van der Waals surface area contributed by atoms with Crippen molar-refractivity contribution in [3.05, 3.63) is 59.0 Å². The first-order valence-electron chi connectivity index (χ1n) is 10.7. The number of aryl methyl sites for hydroxylation is 2. The minimum Gasteiger partial charge on any atom is -0.467 e. The fourth-order valence-corrected chi connectivity index (χ4v) is 4.51. The molecule has 0 aliphatic carbocycles. The lowest BCUT2D eigenvalue weighted by Crippen LogP contribution is -2.28. The van der Waals surface area contributed by atoms with Gasteiger partial charge in [-0.2, -0.15) is 0 Å². The van der Waals surface area contributed by atoms with Crippen LogP contribution in [0, 0.1) is 13.8 Å². The monoisotopic (exact) mass is 439 g/mol. The number of hydrogen-bond donors (Lipinski definition) is 1. The van der Waals surface area contributed by atoms with Crippen LogP contribution in [0.15, 0.2) is 46.2 Å². The van der Waals surface area contributed by atoms with Crippen LogP contribution in [-0.4, -0.2) is 39.5 Å². The first-order chi connectivity index (χ1) is 15.0. The number of aromatic nitrogens is 3. The molecule has 3 aromatic rings.